The molecule has 1 aromatic carbocycles. The van der Waals surface area contributed by atoms with E-state index in [4.69, 9.17) is 15.7 Å². The maximum absolute atomic E-state index is 12.9. The quantitative estimate of drug-likeness (QED) is 0.477. The molecule has 1 atom stereocenters. The Hall–Kier alpha value is -2.97. The van der Waals surface area contributed by atoms with Gasteiger partial charge in [0.15, 0.2) is 0 Å². The van der Waals surface area contributed by atoms with Crippen LogP contribution in [0.15, 0.2) is 36.4 Å². The van der Waals surface area contributed by atoms with Gasteiger partial charge in [0.2, 0.25) is 5.91 Å². The second kappa shape index (κ2) is 8.59. The fraction of sp³-hybridized carbons (Fsp3) is 0.381. The maximum Gasteiger partial charge on any atom is 0.262 e. The van der Waals surface area contributed by atoms with Crippen LogP contribution in [0.3, 0.4) is 0 Å². The van der Waals surface area contributed by atoms with Crippen LogP contribution >= 0.6 is 0 Å². The Bertz CT molecular complexity index is 880. The highest BCUT2D eigenvalue weighted by Crippen LogP contribution is 2.35. The van der Waals surface area contributed by atoms with Gasteiger partial charge in [-0.25, -0.2) is 5.48 Å². The van der Waals surface area contributed by atoms with Crippen molar-refractivity contribution in [2.24, 2.45) is 5.73 Å². The van der Waals surface area contributed by atoms with Crippen LogP contribution in [-0.2, 0) is 21.6 Å². The first-order chi connectivity index (χ1) is 13.9. The predicted octanol–water partition coefficient (Wildman–Crippen LogP) is 1.21. The highest BCUT2D eigenvalue weighted by molar-refractivity contribution is 5.93. The molecular weight excluding hydrogens is 372 g/mol. The van der Waals surface area contributed by atoms with Crippen molar-refractivity contribution >= 4 is 11.8 Å². The van der Waals surface area contributed by atoms with E-state index >= 15 is 0 Å². The van der Waals surface area contributed by atoms with Gasteiger partial charge in [0, 0.05) is 24.5 Å². The topological polar surface area (TPSA) is 118 Å². The number of nitrogens with two attached hydrogens (primary N) is 1. The molecule has 0 radical (unpaired) electrons. The zero-order valence-electron chi connectivity index (χ0n) is 16.6. The van der Waals surface area contributed by atoms with Crippen molar-refractivity contribution < 1.29 is 19.5 Å². The van der Waals surface area contributed by atoms with Gasteiger partial charge in [-0.2, -0.15) is 0 Å². The van der Waals surface area contributed by atoms with E-state index < -0.39 is 11.3 Å². The lowest BCUT2D eigenvalue weighted by molar-refractivity contribution is -0.139. The lowest BCUT2D eigenvalue weighted by Crippen LogP contribution is -2.45. The lowest BCUT2D eigenvalue weighted by atomic mass is 9.79. The van der Waals surface area contributed by atoms with Crippen LogP contribution in [0.25, 0.3) is 0 Å². The molecule has 1 aliphatic rings. The van der Waals surface area contributed by atoms with Gasteiger partial charge in [0.1, 0.15) is 18.9 Å². The van der Waals surface area contributed by atoms with Gasteiger partial charge in [0.05, 0.1) is 5.41 Å². The summed E-state index contributed by atoms with van der Waals surface area (Å²) in [6.07, 6.45) is 0.511. The molecule has 8 nitrogen and oxygen atoms in total. The largest absolute Gasteiger partial charge is 0.489 e. The van der Waals surface area contributed by atoms with Crippen molar-refractivity contribution in [1.82, 2.24) is 15.4 Å². The summed E-state index contributed by atoms with van der Waals surface area (Å²) in [5.41, 5.74) is 10.4. The Morgan fingerprint density at radius 2 is 1.93 bits per heavy atom. The zero-order chi connectivity index (χ0) is 21.0. The second-order valence-corrected chi connectivity index (χ2v) is 7.37. The smallest absolute Gasteiger partial charge is 0.262 e. The lowest BCUT2D eigenvalue weighted by Gasteiger charge is -2.27. The molecule has 1 saturated heterocycles. The number of nitrogens with one attached hydrogen (secondary N) is 1. The van der Waals surface area contributed by atoms with Gasteiger partial charge in [-0.3, -0.25) is 19.8 Å². The number of carbonyl (C=O) groups is 2. The predicted molar refractivity (Wildman–Crippen MR) is 106 cm³/mol. The van der Waals surface area contributed by atoms with E-state index in [-0.39, 0.29) is 19.0 Å². The molecule has 0 bridgehead atoms. The molecule has 154 valence electrons. The third-order valence-corrected chi connectivity index (χ3v) is 5.27. The standard InChI is InChI=1S/C21H26N4O4/c1-14-9-16(10-15(2)23-14)12-29-18-5-3-17(4-6-18)21(13-22)7-8-25(20(21)27)11-19(26)24-28/h3-6,9-10,28H,7-8,11-13,22H2,1-2H3,(H,24,26). The van der Waals surface area contributed by atoms with Crippen molar-refractivity contribution in [3.63, 3.8) is 0 Å². The molecule has 1 aliphatic heterocycles. The molecule has 8 heteroatoms. The zero-order valence-corrected chi connectivity index (χ0v) is 16.6. The first kappa shape index (κ1) is 20.8. The van der Waals surface area contributed by atoms with Crippen molar-refractivity contribution in [2.45, 2.75) is 32.3 Å². The van der Waals surface area contributed by atoms with E-state index in [0.29, 0.717) is 25.3 Å². The molecule has 4 N–H and O–H groups in total. The number of ether oxygens (including phenoxy) is 1. The van der Waals surface area contributed by atoms with Crippen LogP contribution in [0, 0.1) is 13.8 Å². The first-order valence-electron chi connectivity index (χ1n) is 9.48. The van der Waals surface area contributed by atoms with Crippen LogP contribution in [-0.4, -0.2) is 46.5 Å². The van der Waals surface area contributed by atoms with Gasteiger partial charge in [-0.05, 0) is 55.7 Å². The summed E-state index contributed by atoms with van der Waals surface area (Å²) in [4.78, 5) is 30.1. The molecule has 1 unspecified atom stereocenters. The molecule has 0 saturated carbocycles. The molecule has 29 heavy (non-hydrogen) atoms. The number of pyridine rings is 1. The Balaban J connectivity index is 1.71. The minimum atomic E-state index is -0.867. The van der Waals surface area contributed by atoms with Crippen molar-refractivity contribution in [3.8, 4) is 5.75 Å². The third kappa shape index (κ3) is 4.38. The minimum Gasteiger partial charge on any atom is -0.489 e. The number of nitrogens with zero attached hydrogens (tertiary/aromatic N) is 2. The van der Waals surface area contributed by atoms with E-state index in [1.54, 1.807) is 5.48 Å². The maximum atomic E-state index is 12.9. The normalized spacial score (nSPS) is 18.8. The highest BCUT2D eigenvalue weighted by Gasteiger charge is 2.47. The van der Waals surface area contributed by atoms with Gasteiger partial charge >= 0.3 is 0 Å². The van der Waals surface area contributed by atoms with E-state index in [1.165, 1.54) is 4.90 Å². The molecule has 0 aliphatic carbocycles. The van der Waals surface area contributed by atoms with Crippen LogP contribution < -0.4 is 16.0 Å². The van der Waals surface area contributed by atoms with Crippen molar-refractivity contribution in [2.75, 3.05) is 19.6 Å². The average molecular weight is 398 g/mol. The molecule has 1 aromatic heterocycles. The minimum absolute atomic E-state index is 0.138. The average Bonchev–Trinajstić information content (AvgIpc) is 3.02. The van der Waals surface area contributed by atoms with Gasteiger partial charge in [-0.1, -0.05) is 12.1 Å². The third-order valence-electron chi connectivity index (χ3n) is 5.27. The van der Waals surface area contributed by atoms with Crippen LogP contribution in [0.5, 0.6) is 5.75 Å². The van der Waals surface area contributed by atoms with Gasteiger partial charge < -0.3 is 15.4 Å². The Kier molecular flexibility index (Phi) is 6.14. The number of carbonyl (C=O) groups excluding carboxylic acids is 2. The van der Waals surface area contributed by atoms with Crippen molar-refractivity contribution in [1.29, 1.82) is 0 Å². The van der Waals surface area contributed by atoms with E-state index in [2.05, 4.69) is 4.98 Å². The number of hydroxylamine groups is 1. The number of benzene rings is 1. The Labute approximate surface area is 169 Å². The van der Waals surface area contributed by atoms with Crippen LogP contribution in [0.1, 0.15) is 28.9 Å². The molecule has 0 spiro atoms. The number of aryl methyl sites for hydroxylation is 2. The molecule has 1 fully saturated rings. The highest BCUT2D eigenvalue weighted by atomic mass is 16.5. The number of rotatable bonds is 7. The van der Waals surface area contributed by atoms with Gasteiger partial charge in [0.25, 0.3) is 5.91 Å². The number of hydrogen-bond donors (Lipinski definition) is 3. The number of aromatic nitrogens is 1. The van der Waals surface area contributed by atoms with Gasteiger partial charge in [-0.15, -0.1) is 0 Å². The number of hydrogen-bond acceptors (Lipinski definition) is 6. The van der Waals surface area contributed by atoms with E-state index in [9.17, 15) is 9.59 Å². The molecule has 2 heterocycles. The van der Waals surface area contributed by atoms with Crippen LogP contribution in [0.2, 0.25) is 0 Å². The molecule has 3 rings (SSSR count). The van der Waals surface area contributed by atoms with E-state index in [0.717, 1.165) is 22.5 Å². The summed E-state index contributed by atoms with van der Waals surface area (Å²) in [6.45, 7) is 4.67. The fourth-order valence-electron chi connectivity index (χ4n) is 3.81. The summed E-state index contributed by atoms with van der Waals surface area (Å²) in [5, 5.41) is 8.70. The molecule has 2 aromatic rings. The van der Waals surface area contributed by atoms with Crippen molar-refractivity contribution in [3.05, 3.63) is 58.9 Å². The number of amides is 2. The summed E-state index contributed by atoms with van der Waals surface area (Å²) in [5.74, 6) is -0.147. The fourth-order valence-corrected chi connectivity index (χ4v) is 3.81. The molecular formula is C21H26N4O4. The first-order valence-corrected chi connectivity index (χ1v) is 9.48. The molecule has 2 amide bonds. The monoisotopic (exact) mass is 398 g/mol. The Morgan fingerprint density at radius 1 is 1.28 bits per heavy atom. The van der Waals surface area contributed by atoms with E-state index in [1.807, 2.05) is 50.2 Å². The second-order valence-electron chi connectivity index (χ2n) is 7.37. The number of likely N-dealkylation sites (tertiary alicyclic amines) is 1. The summed E-state index contributed by atoms with van der Waals surface area (Å²) < 4.78 is 5.87. The SMILES string of the molecule is Cc1cc(COc2ccc(C3(CN)CCN(CC(=O)NO)C3=O)cc2)cc(C)n1. The van der Waals surface area contributed by atoms with Crippen LogP contribution in [0.4, 0.5) is 0 Å². The Morgan fingerprint density at radius 3 is 2.52 bits per heavy atom. The summed E-state index contributed by atoms with van der Waals surface area (Å²) in [6, 6.07) is 11.3. The summed E-state index contributed by atoms with van der Waals surface area (Å²) in [7, 11) is 0. The summed E-state index contributed by atoms with van der Waals surface area (Å²) >= 11 is 0.